The summed E-state index contributed by atoms with van der Waals surface area (Å²) >= 11 is 0. The highest BCUT2D eigenvalue weighted by molar-refractivity contribution is 6.08. The van der Waals surface area contributed by atoms with Gasteiger partial charge < -0.3 is 19.5 Å². The molecule has 0 unspecified atom stereocenters. The van der Waals surface area contributed by atoms with Gasteiger partial charge in [0.15, 0.2) is 17.8 Å². The van der Waals surface area contributed by atoms with Gasteiger partial charge in [0.25, 0.3) is 11.6 Å². The molecule has 7 nitrogen and oxygen atoms in total. The van der Waals surface area contributed by atoms with Crippen LogP contribution in [0.1, 0.15) is 43.1 Å². The quantitative estimate of drug-likeness (QED) is 0.282. The number of anilines is 1. The van der Waals surface area contributed by atoms with E-state index in [9.17, 15) is 40.3 Å². The highest BCUT2D eigenvalue weighted by Crippen LogP contribution is 2.40. The summed E-state index contributed by atoms with van der Waals surface area (Å²) in [5, 5.41) is 2.42. The minimum atomic E-state index is -5.17. The van der Waals surface area contributed by atoms with Gasteiger partial charge in [-0.15, -0.1) is 13.2 Å². The largest absolute Gasteiger partial charge is 0.573 e. The molecule has 14 heteroatoms. The van der Waals surface area contributed by atoms with E-state index < -0.39 is 64.0 Å². The Kier molecular flexibility index (Phi) is 8.08. The van der Waals surface area contributed by atoms with Gasteiger partial charge in [-0.3, -0.25) is 4.79 Å². The van der Waals surface area contributed by atoms with Crippen molar-refractivity contribution in [1.29, 1.82) is 0 Å². The lowest BCUT2D eigenvalue weighted by Crippen LogP contribution is -2.22. The first kappa shape index (κ1) is 29.2. The molecule has 0 radical (unpaired) electrons. The number of amides is 1. The molecular formula is C25H20F7N2O5+. The van der Waals surface area contributed by atoms with Gasteiger partial charge in [-0.25, -0.2) is 14.2 Å². The molecule has 0 aliphatic rings. The number of carbonyl (C=O) groups excluding carboxylic acids is 2. The Morgan fingerprint density at radius 1 is 0.897 bits per heavy atom. The van der Waals surface area contributed by atoms with Crippen LogP contribution in [0.3, 0.4) is 0 Å². The van der Waals surface area contributed by atoms with Gasteiger partial charge in [-0.2, -0.15) is 13.2 Å². The summed E-state index contributed by atoms with van der Waals surface area (Å²) in [5.74, 6) is -5.25. The smallest absolute Gasteiger partial charge is 0.461 e. The van der Waals surface area contributed by atoms with E-state index in [1.54, 1.807) is 6.92 Å². The van der Waals surface area contributed by atoms with Gasteiger partial charge in [-0.05, 0) is 50.6 Å². The van der Waals surface area contributed by atoms with Crippen LogP contribution in [0.2, 0.25) is 0 Å². The Hall–Kier alpha value is -4.36. The molecule has 0 spiro atoms. The summed E-state index contributed by atoms with van der Waals surface area (Å²) < 4.78 is 107. The van der Waals surface area contributed by atoms with Crippen LogP contribution in [-0.2, 0) is 10.9 Å². The van der Waals surface area contributed by atoms with Crippen molar-refractivity contribution >= 4 is 17.6 Å². The average Bonchev–Trinajstić information content (AvgIpc) is 2.83. The van der Waals surface area contributed by atoms with Crippen molar-refractivity contribution in [3.05, 3.63) is 75.9 Å². The molecule has 0 aliphatic carbocycles. The van der Waals surface area contributed by atoms with Crippen molar-refractivity contribution in [1.82, 2.24) is 0 Å². The molecule has 0 saturated heterocycles. The first-order valence-electron chi connectivity index (χ1n) is 10.9. The fraction of sp³-hybridized carbons (Fsp3) is 0.240. The van der Waals surface area contributed by atoms with E-state index in [0.717, 1.165) is 33.1 Å². The molecule has 1 heterocycles. The minimum absolute atomic E-state index is 0.0535. The molecule has 208 valence electrons. The van der Waals surface area contributed by atoms with E-state index in [2.05, 4.69) is 19.8 Å². The number of rotatable bonds is 6. The molecule has 0 atom stereocenters. The van der Waals surface area contributed by atoms with E-state index in [0.29, 0.717) is 17.7 Å². The van der Waals surface area contributed by atoms with E-state index in [1.165, 1.54) is 12.3 Å². The van der Waals surface area contributed by atoms with E-state index in [1.807, 2.05) is 0 Å². The van der Waals surface area contributed by atoms with Crippen molar-refractivity contribution in [3.63, 3.8) is 0 Å². The number of esters is 1. The van der Waals surface area contributed by atoms with Crippen LogP contribution in [0.15, 0.2) is 36.5 Å². The number of aromatic nitrogens is 1. The molecule has 1 amide bonds. The lowest BCUT2D eigenvalue weighted by atomic mass is 9.99. The third kappa shape index (κ3) is 6.56. The number of methoxy groups -OCH3 is 1. The second kappa shape index (κ2) is 10.8. The number of aryl methyl sites for hydroxylation is 1. The Morgan fingerprint density at radius 2 is 1.51 bits per heavy atom. The third-order valence-electron chi connectivity index (χ3n) is 5.52. The number of aromatic amines is 1. The van der Waals surface area contributed by atoms with E-state index in [-0.39, 0.29) is 17.1 Å². The lowest BCUT2D eigenvalue weighted by molar-refractivity contribution is -0.383. The van der Waals surface area contributed by atoms with Crippen LogP contribution in [-0.4, -0.2) is 25.3 Å². The van der Waals surface area contributed by atoms with E-state index in [4.69, 9.17) is 4.74 Å². The number of nitrogens with one attached hydrogen (secondary N) is 2. The fourth-order valence-corrected chi connectivity index (χ4v) is 3.55. The maximum Gasteiger partial charge on any atom is 0.573 e. The molecule has 0 saturated carbocycles. The molecule has 39 heavy (non-hydrogen) atoms. The molecule has 2 N–H and O–H groups in total. The number of benzene rings is 2. The number of carbonyl (C=O) groups is 2. The summed E-state index contributed by atoms with van der Waals surface area (Å²) in [5.41, 5.74) is -2.36. The van der Waals surface area contributed by atoms with Crippen molar-refractivity contribution < 1.29 is 59.5 Å². The molecule has 0 bridgehead atoms. The number of ether oxygens (including phenoxy) is 3. The molecule has 2 aromatic carbocycles. The number of halogens is 7. The molecule has 0 fully saturated rings. The monoisotopic (exact) mass is 561 g/mol. The van der Waals surface area contributed by atoms with Gasteiger partial charge in [-0.1, -0.05) is 0 Å². The lowest BCUT2D eigenvalue weighted by Gasteiger charge is -2.19. The average molecular weight is 561 g/mol. The zero-order valence-electron chi connectivity index (χ0n) is 20.7. The Bertz CT molecular complexity index is 1440. The fourth-order valence-electron chi connectivity index (χ4n) is 3.55. The summed E-state index contributed by atoms with van der Waals surface area (Å²) in [7, 11) is 1.12. The van der Waals surface area contributed by atoms with Crippen LogP contribution >= 0.6 is 0 Å². The van der Waals surface area contributed by atoms with Crippen LogP contribution in [0.4, 0.5) is 36.4 Å². The highest BCUT2D eigenvalue weighted by Gasteiger charge is 2.36. The zero-order chi connectivity index (χ0) is 29.3. The summed E-state index contributed by atoms with van der Waals surface area (Å²) in [6.07, 6.45) is -8.67. The van der Waals surface area contributed by atoms with Crippen LogP contribution in [0, 0.1) is 26.6 Å². The zero-order valence-corrected chi connectivity index (χ0v) is 20.7. The normalized spacial score (nSPS) is 11.7. The van der Waals surface area contributed by atoms with Gasteiger partial charge in [0.1, 0.15) is 11.5 Å². The summed E-state index contributed by atoms with van der Waals surface area (Å²) in [6.45, 7) is 3.62. The van der Waals surface area contributed by atoms with Crippen LogP contribution in [0.5, 0.6) is 17.2 Å². The van der Waals surface area contributed by atoms with Crippen molar-refractivity contribution in [3.8, 4) is 17.2 Å². The first-order valence-corrected chi connectivity index (χ1v) is 10.9. The van der Waals surface area contributed by atoms with Gasteiger partial charge >= 0.3 is 18.5 Å². The predicted molar refractivity (Wildman–Crippen MR) is 121 cm³/mol. The molecular weight excluding hydrogens is 541 g/mol. The van der Waals surface area contributed by atoms with Crippen LogP contribution in [0.25, 0.3) is 0 Å². The standard InChI is InChI=1S/C25H19F7N2O5/c1-11-10-33-16(23(36)37-4)9-15(11)34-22(35)20-12(2)14(24(27,28)29)5-6-18(20)38-17-7-8-19(21(26)13(17)3)39-25(30,31)32/h5-10H,1-4H3,(H,33,34,35)/p+1. The predicted octanol–water partition coefficient (Wildman–Crippen LogP) is 6.31. The second-order valence-corrected chi connectivity index (χ2v) is 8.15. The van der Waals surface area contributed by atoms with E-state index >= 15 is 0 Å². The minimum Gasteiger partial charge on any atom is -0.461 e. The van der Waals surface area contributed by atoms with Crippen LogP contribution < -0.4 is 19.8 Å². The Balaban J connectivity index is 2.09. The van der Waals surface area contributed by atoms with Crippen molar-refractivity contribution in [2.75, 3.05) is 12.4 Å². The topological polar surface area (TPSA) is 88.0 Å². The Labute approximate surface area is 216 Å². The summed E-state index contributed by atoms with van der Waals surface area (Å²) in [4.78, 5) is 27.8. The SMILES string of the molecule is COC(=O)c1cc(NC(=O)c2c(Oc3ccc(OC(F)(F)F)c(F)c3C)ccc(C(F)(F)F)c2C)c(C)c[nH+]1. The number of H-pyrrole nitrogens is 1. The molecule has 1 aromatic heterocycles. The maximum atomic E-state index is 14.5. The number of hydrogen-bond acceptors (Lipinski definition) is 5. The van der Waals surface area contributed by atoms with Crippen molar-refractivity contribution in [2.45, 2.75) is 33.3 Å². The Morgan fingerprint density at radius 3 is 2.10 bits per heavy atom. The third-order valence-corrected chi connectivity index (χ3v) is 5.52. The summed E-state index contributed by atoms with van der Waals surface area (Å²) in [6, 6.07) is 4.22. The highest BCUT2D eigenvalue weighted by atomic mass is 19.4. The molecule has 3 aromatic rings. The number of alkyl halides is 6. The van der Waals surface area contributed by atoms with Gasteiger partial charge in [0.2, 0.25) is 0 Å². The van der Waals surface area contributed by atoms with Gasteiger partial charge in [0, 0.05) is 17.2 Å². The van der Waals surface area contributed by atoms with Gasteiger partial charge in [0.05, 0.1) is 23.9 Å². The first-order chi connectivity index (χ1) is 18.0. The number of pyridine rings is 1. The molecule has 3 rings (SSSR count). The second-order valence-electron chi connectivity index (χ2n) is 8.15. The molecule has 0 aliphatic heterocycles. The van der Waals surface area contributed by atoms with Crippen molar-refractivity contribution in [2.24, 2.45) is 0 Å². The maximum absolute atomic E-state index is 14.5. The number of hydrogen-bond donors (Lipinski definition) is 1.